The van der Waals surface area contributed by atoms with Gasteiger partial charge in [-0.25, -0.2) is 0 Å². The third-order valence-corrected chi connectivity index (χ3v) is 7.82. The van der Waals surface area contributed by atoms with E-state index in [4.69, 9.17) is 0 Å². The van der Waals surface area contributed by atoms with Crippen molar-refractivity contribution in [2.45, 2.75) is 51.1 Å². The number of hydrogen-bond acceptors (Lipinski definition) is 5. The number of hydrogen-bond donors (Lipinski definition) is 1. The number of anilines is 1. The van der Waals surface area contributed by atoms with E-state index in [1.807, 2.05) is 9.80 Å². The van der Waals surface area contributed by atoms with Gasteiger partial charge in [0.05, 0.1) is 18.2 Å². The highest BCUT2D eigenvalue weighted by atomic mass is 35.5. The third kappa shape index (κ3) is 3.85. The molecule has 5 rings (SSSR count). The molecule has 0 aromatic carbocycles. The van der Waals surface area contributed by atoms with Gasteiger partial charge in [0.15, 0.2) is 0 Å². The van der Waals surface area contributed by atoms with E-state index in [1.165, 1.54) is 0 Å². The van der Waals surface area contributed by atoms with E-state index in [0.717, 1.165) is 54.1 Å². The Hall–Kier alpha value is -1.64. The monoisotopic (exact) mass is 452 g/mol. The Morgan fingerprint density at radius 1 is 1.17 bits per heavy atom. The predicted octanol–water partition coefficient (Wildman–Crippen LogP) is 2.03. The van der Waals surface area contributed by atoms with Crippen molar-refractivity contribution in [2.75, 3.05) is 38.1 Å². The molecule has 1 saturated heterocycles. The second-order valence-electron chi connectivity index (χ2n) is 8.81. The van der Waals surface area contributed by atoms with E-state index >= 15 is 0 Å². The Morgan fingerprint density at radius 3 is 2.67 bits per heavy atom. The maximum absolute atomic E-state index is 13.1. The number of likely N-dealkylation sites (N-methyl/N-ethyl adjacent to an activating group) is 1. The van der Waals surface area contributed by atoms with Crippen molar-refractivity contribution in [1.82, 2.24) is 15.1 Å². The van der Waals surface area contributed by atoms with E-state index < -0.39 is 0 Å². The average Bonchev–Trinajstić information content (AvgIpc) is 3.49. The van der Waals surface area contributed by atoms with Crippen molar-refractivity contribution in [3.05, 3.63) is 16.0 Å². The fourth-order valence-electron chi connectivity index (χ4n) is 4.68. The Labute approximate surface area is 187 Å². The number of thiophene rings is 1. The summed E-state index contributed by atoms with van der Waals surface area (Å²) >= 11 is 1.55. The van der Waals surface area contributed by atoms with Crippen LogP contribution >= 0.6 is 23.7 Å². The molecule has 4 heterocycles. The molecular formula is C21H29ClN4O3S. The van der Waals surface area contributed by atoms with Crippen LogP contribution in [0.1, 0.15) is 52.9 Å². The van der Waals surface area contributed by atoms with E-state index in [0.29, 0.717) is 37.5 Å². The second kappa shape index (κ2) is 8.48. The molecule has 1 aromatic rings. The van der Waals surface area contributed by atoms with Crippen LogP contribution in [-0.2, 0) is 22.6 Å². The zero-order valence-electron chi connectivity index (χ0n) is 17.3. The smallest absolute Gasteiger partial charge is 0.257 e. The number of carbonyl (C=O) groups excluding carboxylic acids is 3. The van der Waals surface area contributed by atoms with Crippen LogP contribution in [-0.4, -0.2) is 66.8 Å². The molecule has 164 valence electrons. The minimum absolute atomic E-state index is 0. The molecule has 4 aliphatic rings. The van der Waals surface area contributed by atoms with Gasteiger partial charge in [-0.15, -0.1) is 23.7 Å². The number of amides is 3. The van der Waals surface area contributed by atoms with Gasteiger partial charge >= 0.3 is 0 Å². The summed E-state index contributed by atoms with van der Waals surface area (Å²) in [7, 11) is 1.71. The molecule has 1 aromatic heterocycles. The van der Waals surface area contributed by atoms with Crippen molar-refractivity contribution in [3.63, 3.8) is 0 Å². The summed E-state index contributed by atoms with van der Waals surface area (Å²) in [5, 5.41) is 4.16. The first-order valence-electron chi connectivity index (χ1n) is 10.8. The summed E-state index contributed by atoms with van der Waals surface area (Å²) < 4.78 is 0. The van der Waals surface area contributed by atoms with E-state index in [9.17, 15) is 14.4 Å². The Morgan fingerprint density at radius 2 is 1.97 bits per heavy atom. The van der Waals surface area contributed by atoms with Gasteiger partial charge in [-0.2, -0.15) is 0 Å². The molecule has 3 amide bonds. The van der Waals surface area contributed by atoms with E-state index in [-0.39, 0.29) is 42.7 Å². The predicted molar refractivity (Wildman–Crippen MR) is 118 cm³/mol. The van der Waals surface area contributed by atoms with Gasteiger partial charge in [-0.1, -0.05) is 6.42 Å². The SMILES string of the molecule is CN1CC(=O)N(CC2CC2)c2sc3c(c2C1=O)CCN(C(=O)[C@@H]1CCCCN1)C3.Cl. The molecule has 0 spiro atoms. The van der Waals surface area contributed by atoms with Crippen LogP contribution in [0.4, 0.5) is 5.00 Å². The number of rotatable bonds is 3. The Kier molecular flexibility index (Phi) is 6.10. The topological polar surface area (TPSA) is 73.0 Å². The van der Waals surface area contributed by atoms with Gasteiger partial charge in [-0.3, -0.25) is 14.4 Å². The second-order valence-corrected chi connectivity index (χ2v) is 9.89. The maximum atomic E-state index is 13.1. The van der Waals surface area contributed by atoms with Crippen molar-refractivity contribution < 1.29 is 14.4 Å². The van der Waals surface area contributed by atoms with E-state index in [1.54, 1.807) is 23.3 Å². The number of carbonyl (C=O) groups is 3. The van der Waals surface area contributed by atoms with Crippen LogP contribution in [0.2, 0.25) is 0 Å². The maximum Gasteiger partial charge on any atom is 0.257 e. The van der Waals surface area contributed by atoms with Gasteiger partial charge in [0.1, 0.15) is 11.5 Å². The molecule has 1 saturated carbocycles. The lowest BCUT2D eigenvalue weighted by Gasteiger charge is -2.32. The molecule has 9 heteroatoms. The summed E-state index contributed by atoms with van der Waals surface area (Å²) in [6, 6.07) is -0.0798. The van der Waals surface area contributed by atoms with Crippen molar-refractivity contribution in [1.29, 1.82) is 0 Å². The third-order valence-electron chi connectivity index (χ3n) is 6.58. The molecule has 1 aliphatic carbocycles. The number of nitrogens with zero attached hydrogens (tertiary/aromatic N) is 3. The molecule has 1 N–H and O–H groups in total. The number of fused-ring (bicyclic) bond motifs is 3. The Balaban J connectivity index is 0.00000218. The van der Waals surface area contributed by atoms with Crippen LogP contribution in [0, 0.1) is 5.92 Å². The van der Waals surface area contributed by atoms with E-state index in [2.05, 4.69) is 5.32 Å². The van der Waals surface area contributed by atoms with Crippen LogP contribution in [0.5, 0.6) is 0 Å². The molecule has 30 heavy (non-hydrogen) atoms. The van der Waals surface area contributed by atoms with Gasteiger partial charge in [0, 0.05) is 25.0 Å². The van der Waals surface area contributed by atoms with Gasteiger partial charge < -0.3 is 20.0 Å². The minimum Gasteiger partial charge on any atom is -0.336 e. The van der Waals surface area contributed by atoms with Gasteiger partial charge in [0.25, 0.3) is 5.91 Å². The van der Waals surface area contributed by atoms with Crippen LogP contribution in [0.3, 0.4) is 0 Å². The lowest BCUT2D eigenvalue weighted by atomic mass is 9.99. The highest BCUT2D eigenvalue weighted by Gasteiger charge is 2.39. The van der Waals surface area contributed by atoms with Crippen molar-refractivity contribution in [2.24, 2.45) is 5.92 Å². The van der Waals surface area contributed by atoms with Gasteiger partial charge in [0.2, 0.25) is 11.8 Å². The molecule has 0 bridgehead atoms. The molecule has 7 nitrogen and oxygen atoms in total. The molecule has 3 aliphatic heterocycles. The molecule has 1 atom stereocenters. The first kappa shape index (κ1) is 21.6. The summed E-state index contributed by atoms with van der Waals surface area (Å²) in [5.74, 6) is 0.676. The summed E-state index contributed by atoms with van der Waals surface area (Å²) in [6.07, 6.45) is 6.12. The van der Waals surface area contributed by atoms with Crippen molar-refractivity contribution in [3.8, 4) is 0 Å². The molecule has 0 radical (unpaired) electrons. The fourth-order valence-corrected chi connectivity index (χ4v) is 6.06. The standard InChI is InChI=1S/C21H28N4O3S.ClH/c1-23-12-17(26)25(10-13-5-6-13)21-18(20(23)28)14-7-9-24(11-16(14)29-21)19(27)15-4-2-3-8-22-15;/h13,15,22H,2-12H2,1H3;1H/t15-;/m0./s1. The summed E-state index contributed by atoms with van der Waals surface area (Å²) in [6.45, 7) is 2.94. The molecule has 2 fully saturated rings. The quantitative estimate of drug-likeness (QED) is 0.761. The lowest BCUT2D eigenvalue weighted by molar-refractivity contribution is -0.134. The Bertz CT molecular complexity index is 863. The zero-order valence-corrected chi connectivity index (χ0v) is 18.9. The minimum atomic E-state index is -0.0798. The normalized spacial score (nSPS) is 24.2. The highest BCUT2D eigenvalue weighted by molar-refractivity contribution is 7.17. The fraction of sp³-hybridized carbons (Fsp3) is 0.667. The number of piperidine rings is 1. The van der Waals surface area contributed by atoms with Gasteiger partial charge in [-0.05, 0) is 50.1 Å². The lowest BCUT2D eigenvalue weighted by Crippen LogP contribution is -2.49. The zero-order chi connectivity index (χ0) is 20.1. The van der Waals surface area contributed by atoms with Crippen LogP contribution in [0.15, 0.2) is 0 Å². The average molecular weight is 453 g/mol. The first-order valence-corrected chi connectivity index (χ1v) is 11.6. The largest absolute Gasteiger partial charge is 0.336 e. The number of nitrogens with one attached hydrogen (secondary N) is 1. The molecular weight excluding hydrogens is 424 g/mol. The summed E-state index contributed by atoms with van der Waals surface area (Å²) in [5.41, 5.74) is 1.76. The highest BCUT2D eigenvalue weighted by Crippen LogP contribution is 2.43. The number of halogens is 1. The van der Waals surface area contributed by atoms with Crippen LogP contribution in [0.25, 0.3) is 0 Å². The first-order chi connectivity index (χ1) is 14.0. The summed E-state index contributed by atoms with van der Waals surface area (Å²) in [4.78, 5) is 45.3. The van der Waals surface area contributed by atoms with Crippen LogP contribution < -0.4 is 10.2 Å². The van der Waals surface area contributed by atoms with Crippen molar-refractivity contribution >= 4 is 46.5 Å². The molecule has 0 unspecified atom stereocenters.